The van der Waals surface area contributed by atoms with Gasteiger partial charge in [-0.25, -0.2) is 0 Å². The molecule has 0 aliphatic rings. The number of rotatable bonds is 3. The first-order valence-electron chi connectivity index (χ1n) is 6.12. The Labute approximate surface area is 126 Å². The van der Waals surface area contributed by atoms with Crippen molar-refractivity contribution in [3.05, 3.63) is 58.1 Å². The predicted octanol–water partition coefficient (Wildman–Crippen LogP) is 4.40. The second-order valence-electron chi connectivity index (χ2n) is 4.42. The zero-order valence-corrected chi connectivity index (χ0v) is 12.3. The van der Waals surface area contributed by atoms with Gasteiger partial charge in [0.1, 0.15) is 0 Å². The van der Waals surface area contributed by atoms with Crippen molar-refractivity contribution >= 4 is 34.1 Å². The number of nitrogens with zero attached hydrogens (tertiary/aromatic N) is 2. The van der Waals surface area contributed by atoms with E-state index in [1.807, 2.05) is 41.1 Å². The first-order chi connectivity index (χ1) is 9.69. The number of para-hydroxylation sites is 1. The molecule has 0 radical (unpaired) electrons. The van der Waals surface area contributed by atoms with E-state index in [-0.39, 0.29) is 0 Å². The lowest BCUT2D eigenvalue weighted by Crippen LogP contribution is -2.02. The maximum atomic E-state index is 6.21. The van der Waals surface area contributed by atoms with E-state index in [4.69, 9.17) is 27.9 Å². The Kier molecular flexibility index (Phi) is 3.55. The minimum atomic E-state index is 0.569. The van der Waals surface area contributed by atoms with Crippen molar-refractivity contribution in [2.24, 2.45) is 0 Å². The van der Waals surface area contributed by atoms with E-state index in [0.717, 1.165) is 16.5 Å². The van der Waals surface area contributed by atoms with Crippen molar-refractivity contribution in [1.29, 1.82) is 0 Å². The molecular formula is C15H12Cl2N2O. The van der Waals surface area contributed by atoms with Gasteiger partial charge >= 0.3 is 0 Å². The van der Waals surface area contributed by atoms with E-state index in [0.29, 0.717) is 22.5 Å². The van der Waals surface area contributed by atoms with Gasteiger partial charge in [0.2, 0.25) is 5.88 Å². The molecule has 1 aromatic heterocycles. The molecule has 102 valence electrons. The summed E-state index contributed by atoms with van der Waals surface area (Å²) in [5.74, 6) is 0.616. The molecule has 0 amide bonds. The molecule has 0 unspecified atom stereocenters. The standard InChI is InChI=1S/C15H12Cl2N2O/c1-20-15-12-4-2-3-5-14(12)19(18-15)9-10-6-7-11(16)8-13(10)17/h2-8H,9H2,1H3. The Hall–Kier alpha value is -1.71. The molecule has 20 heavy (non-hydrogen) atoms. The van der Waals surface area contributed by atoms with Gasteiger partial charge < -0.3 is 4.74 Å². The minimum Gasteiger partial charge on any atom is -0.479 e. The largest absolute Gasteiger partial charge is 0.479 e. The molecule has 1 heterocycles. The predicted molar refractivity (Wildman–Crippen MR) is 81.8 cm³/mol. The molecule has 0 aliphatic carbocycles. The molecule has 5 heteroatoms. The molecule has 3 nitrogen and oxygen atoms in total. The zero-order chi connectivity index (χ0) is 14.1. The summed E-state index contributed by atoms with van der Waals surface area (Å²) in [5.41, 5.74) is 1.97. The fourth-order valence-electron chi connectivity index (χ4n) is 2.18. The van der Waals surface area contributed by atoms with Gasteiger partial charge in [-0.1, -0.05) is 41.4 Å². The topological polar surface area (TPSA) is 27.1 Å². The van der Waals surface area contributed by atoms with Crippen molar-refractivity contribution in [2.45, 2.75) is 6.54 Å². The maximum Gasteiger partial charge on any atom is 0.240 e. The fourth-order valence-corrected chi connectivity index (χ4v) is 2.65. The van der Waals surface area contributed by atoms with Crippen LogP contribution in [0.5, 0.6) is 5.88 Å². The summed E-state index contributed by atoms with van der Waals surface area (Å²) in [7, 11) is 1.62. The van der Waals surface area contributed by atoms with Crippen molar-refractivity contribution in [1.82, 2.24) is 9.78 Å². The van der Waals surface area contributed by atoms with Crippen molar-refractivity contribution < 1.29 is 4.74 Å². The second-order valence-corrected chi connectivity index (χ2v) is 5.26. The molecule has 0 spiro atoms. The Morgan fingerprint density at radius 2 is 1.95 bits per heavy atom. The molecule has 0 fully saturated rings. The number of halogens is 2. The van der Waals surface area contributed by atoms with Gasteiger partial charge in [0, 0.05) is 10.0 Å². The lowest BCUT2D eigenvalue weighted by atomic mass is 10.2. The van der Waals surface area contributed by atoms with Gasteiger partial charge in [0.05, 0.1) is 24.6 Å². The van der Waals surface area contributed by atoms with Crippen LogP contribution in [0.1, 0.15) is 5.56 Å². The van der Waals surface area contributed by atoms with Crippen LogP contribution in [0.2, 0.25) is 10.0 Å². The second kappa shape index (κ2) is 5.35. The van der Waals surface area contributed by atoms with Gasteiger partial charge in [-0.2, -0.15) is 0 Å². The number of hydrogen-bond donors (Lipinski definition) is 0. The quantitative estimate of drug-likeness (QED) is 0.717. The van der Waals surface area contributed by atoms with Crippen LogP contribution in [0.25, 0.3) is 10.9 Å². The highest BCUT2D eigenvalue weighted by Crippen LogP contribution is 2.27. The molecule has 0 saturated heterocycles. The first kappa shape index (κ1) is 13.3. The Balaban J connectivity index is 2.06. The number of benzene rings is 2. The maximum absolute atomic E-state index is 6.21. The molecule has 3 aromatic rings. The summed E-state index contributed by atoms with van der Waals surface area (Å²) in [6.07, 6.45) is 0. The van der Waals surface area contributed by atoms with Gasteiger partial charge in [-0.15, -0.1) is 5.10 Å². The molecule has 0 saturated carbocycles. The average molecular weight is 307 g/mol. The minimum absolute atomic E-state index is 0.569. The van der Waals surface area contributed by atoms with Crippen LogP contribution in [0.3, 0.4) is 0 Å². The van der Waals surface area contributed by atoms with E-state index in [1.165, 1.54) is 0 Å². The highest BCUT2D eigenvalue weighted by molar-refractivity contribution is 6.35. The summed E-state index contributed by atoms with van der Waals surface area (Å²) >= 11 is 12.1. The van der Waals surface area contributed by atoms with E-state index in [1.54, 1.807) is 13.2 Å². The zero-order valence-electron chi connectivity index (χ0n) is 10.8. The lowest BCUT2D eigenvalue weighted by Gasteiger charge is -2.06. The SMILES string of the molecule is COc1nn(Cc2ccc(Cl)cc2Cl)c2ccccc12. The van der Waals surface area contributed by atoms with E-state index in [2.05, 4.69) is 5.10 Å². The third kappa shape index (κ3) is 2.35. The Morgan fingerprint density at radius 1 is 1.15 bits per heavy atom. The van der Waals surface area contributed by atoms with E-state index in [9.17, 15) is 0 Å². The summed E-state index contributed by atoms with van der Waals surface area (Å²) < 4.78 is 7.19. The lowest BCUT2D eigenvalue weighted by molar-refractivity contribution is 0.394. The molecule has 0 aliphatic heterocycles. The molecule has 2 aromatic carbocycles. The number of fused-ring (bicyclic) bond motifs is 1. The van der Waals surface area contributed by atoms with Gasteiger partial charge in [0.15, 0.2) is 0 Å². The number of aromatic nitrogens is 2. The van der Waals surface area contributed by atoms with Crippen LogP contribution in [0.15, 0.2) is 42.5 Å². The van der Waals surface area contributed by atoms with E-state index >= 15 is 0 Å². The van der Waals surface area contributed by atoms with Crippen LogP contribution in [0, 0.1) is 0 Å². The van der Waals surface area contributed by atoms with Crippen LogP contribution < -0.4 is 4.74 Å². The third-order valence-electron chi connectivity index (χ3n) is 3.15. The van der Waals surface area contributed by atoms with Crippen LogP contribution in [-0.4, -0.2) is 16.9 Å². The van der Waals surface area contributed by atoms with Crippen molar-refractivity contribution in [3.8, 4) is 5.88 Å². The van der Waals surface area contributed by atoms with Crippen molar-refractivity contribution in [3.63, 3.8) is 0 Å². The van der Waals surface area contributed by atoms with Gasteiger partial charge in [0.25, 0.3) is 0 Å². The molecular weight excluding hydrogens is 295 g/mol. The highest BCUT2D eigenvalue weighted by atomic mass is 35.5. The summed E-state index contributed by atoms with van der Waals surface area (Å²) in [6.45, 7) is 0.569. The van der Waals surface area contributed by atoms with Crippen LogP contribution in [0.4, 0.5) is 0 Å². The summed E-state index contributed by atoms with van der Waals surface area (Å²) in [4.78, 5) is 0. The smallest absolute Gasteiger partial charge is 0.240 e. The van der Waals surface area contributed by atoms with E-state index < -0.39 is 0 Å². The molecule has 0 bridgehead atoms. The summed E-state index contributed by atoms with van der Waals surface area (Å²) in [5, 5.41) is 6.72. The normalized spacial score (nSPS) is 10.9. The Bertz CT molecular complexity index is 768. The molecule has 3 rings (SSSR count). The van der Waals surface area contributed by atoms with Crippen molar-refractivity contribution in [2.75, 3.05) is 7.11 Å². The number of methoxy groups -OCH3 is 1. The highest BCUT2D eigenvalue weighted by Gasteiger charge is 2.11. The summed E-state index contributed by atoms with van der Waals surface area (Å²) in [6, 6.07) is 13.4. The number of ether oxygens (including phenoxy) is 1. The van der Waals surface area contributed by atoms with Crippen LogP contribution >= 0.6 is 23.2 Å². The first-order valence-corrected chi connectivity index (χ1v) is 6.88. The third-order valence-corrected chi connectivity index (χ3v) is 3.74. The molecule has 0 N–H and O–H groups in total. The van der Waals surface area contributed by atoms with Gasteiger partial charge in [-0.3, -0.25) is 4.68 Å². The average Bonchev–Trinajstić information content (AvgIpc) is 2.80. The Morgan fingerprint density at radius 3 is 2.70 bits per heavy atom. The monoisotopic (exact) mass is 306 g/mol. The number of hydrogen-bond acceptors (Lipinski definition) is 2. The fraction of sp³-hybridized carbons (Fsp3) is 0.133. The molecule has 0 atom stereocenters. The van der Waals surface area contributed by atoms with Gasteiger partial charge in [-0.05, 0) is 29.8 Å². The van der Waals surface area contributed by atoms with Crippen LogP contribution in [-0.2, 0) is 6.54 Å².